The van der Waals surface area contributed by atoms with E-state index in [4.69, 9.17) is 5.14 Å². The molecule has 6 nitrogen and oxygen atoms in total. The highest BCUT2D eigenvalue weighted by atomic mass is 33.2. The summed E-state index contributed by atoms with van der Waals surface area (Å²) in [4.78, 5) is 0. The molecule has 0 radical (unpaired) electrons. The second-order valence-corrected chi connectivity index (χ2v) is 9.04. The second-order valence-electron chi connectivity index (χ2n) is 3.06. The highest BCUT2D eigenvalue weighted by Crippen LogP contribution is 2.43. The summed E-state index contributed by atoms with van der Waals surface area (Å²) in [6.07, 6.45) is 0. The van der Waals surface area contributed by atoms with Gasteiger partial charge < -0.3 is 0 Å². The molecule has 1 aliphatic rings. The fraction of sp³-hybridized carbons (Fsp3) is 0. The van der Waals surface area contributed by atoms with Crippen molar-refractivity contribution in [1.82, 2.24) is 0 Å². The van der Waals surface area contributed by atoms with Gasteiger partial charge in [-0.25, -0.2) is 0 Å². The van der Waals surface area contributed by atoms with Gasteiger partial charge in [0.05, 0.1) is 11.1 Å². The van der Waals surface area contributed by atoms with Gasteiger partial charge in [0.25, 0.3) is 9.06 Å². The number of nitrogens with zero attached hydrogens (tertiary/aromatic N) is 2. The van der Waals surface area contributed by atoms with Crippen LogP contribution < -0.4 is 9.86 Å². The summed E-state index contributed by atoms with van der Waals surface area (Å²) in [6.45, 7) is 0. The number of nitrogens with two attached hydrogens (primary N) is 1. The van der Waals surface area contributed by atoms with Crippen LogP contribution in [0.15, 0.2) is 40.5 Å². The van der Waals surface area contributed by atoms with Crippen molar-refractivity contribution in [3.63, 3.8) is 0 Å². The van der Waals surface area contributed by atoms with Crippen molar-refractivity contribution in [2.24, 2.45) is 15.3 Å². The molecule has 0 saturated carbocycles. The zero-order chi connectivity index (χ0) is 11.6. The van der Waals surface area contributed by atoms with Crippen LogP contribution in [0.4, 0.5) is 5.69 Å². The van der Waals surface area contributed by atoms with Crippen LogP contribution in [0.2, 0.25) is 0 Å². The molecule has 2 rings (SSSR count). The van der Waals surface area contributed by atoms with Gasteiger partial charge in [0.15, 0.2) is 0 Å². The Morgan fingerprint density at radius 3 is 2.25 bits per heavy atom. The van der Waals surface area contributed by atoms with Gasteiger partial charge in [0, 0.05) is 14.9 Å². The molecule has 0 saturated heterocycles. The van der Waals surface area contributed by atoms with Crippen LogP contribution in [-0.4, -0.2) is 19.5 Å². The molecule has 0 bridgehead atoms. The largest absolute Gasteiger partial charge is 0.290 e. The lowest BCUT2D eigenvalue weighted by molar-refractivity contribution is 0.614. The molecule has 0 aliphatic carbocycles. The van der Waals surface area contributed by atoms with Gasteiger partial charge in [-0.05, 0) is 12.1 Å². The second kappa shape index (κ2) is 3.89. The summed E-state index contributed by atoms with van der Waals surface area (Å²) < 4.78 is 26.3. The smallest absolute Gasteiger partial charge is 0.275 e. The predicted octanol–water partition coefficient (Wildman–Crippen LogP) is 1.01. The van der Waals surface area contributed by atoms with E-state index < -0.39 is 18.3 Å². The molecule has 1 aromatic rings. The molecule has 0 fully saturated rings. The molecule has 1 aromatic carbocycles. The van der Waals surface area contributed by atoms with E-state index >= 15 is 0 Å². The average Bonchev–Trinajstić information content (AvgIpc) is 2.68. The van der Waals surface area contributed by atoms with Crippen LogP contribution in [0.5, 0.6) is 0 Å². The summed E-state index contributed by atoms with van der Waals surface area (Å²) in [5.74, 6) is 0. The Morgan fingerprint density at radius 1 is 1.12 bits per heavy atom. The van der Waals surface area contributed by atoms with Crippen molar-refractivity contribution in [3.8, 4) is 0 Å². The Morgan fingerprint density at radius 2 is 1.69 bits per heavy atom. The Hall–Kier alpha value is -1.38. The molecule has 0 unspecified atom stereocenters. The summed E-state index contributed by atoms with van der Waals surface area (Å²) in [5.41, 5.74) is 2.80. The lowest BCUT2D eigenvalue weighted by Crippen LogP contribution is -2.27. The molecule has 0 amide bonds. The molecule has 1 heterocycles. The van der Waals surface area contributed by atoms with E-state index in [1.807, 2.05) is 0 Å². The van der Waals surface area contributed by atoms with Crippen molar-refractivity contribution < 1.29 is 8.42 Å². The van der Waals surface area contributed by atoms with Gasteiger partial charge in [0.2, 0.25) is 0 Å². The summed E-state index contributed by atoms with van der Waals surface area (Å²) >= 11 is 0. The van der Waals surface area contributed by atoms with Crippen LogP contribution in [-0.2, 0) is 9.06 Å². The monoisotopic (exact) mass is 258 g/mol. The third-order valence-corrected chi connectivity index (χ3v) is 7.03. The van der Waals surface area contributed by atoms with E-state index in [2.05, 4.69) is 14.9 Å². The normalized spacial score (nSPS) is 19.6. The van der Waals surface area contributed by atoms with Crippen LogP contribution in [0.25, 0.3) is 0 Å². The fourth-order valence-corrected chi connectivity index (χ4v) is 3.95. The molecule has 86 valence electrons. The molecule has 0 atom stereocenters. The van der Waals surface area contributed by atoms with E-state index in [0.29, 0.717) is 5.69 Å². The number of anilines is 1. The minimum atomic E-state index is -3.70. The summed E-state index contributed by atoms with van der Waals surface area (Å²) in [7, 11) is -6.30. The summed E-state index contributed by atoms with van der Waals surface area (Å²) in [6, 6.07) is 8.54. The van der Waals surface area contributed by atoms with Gasteiger partial charge in [0.1, 0.15) is 0 Å². The van der Waals surface area contributed by atoms with Crippen molar-refractivity contribution in [3.05, 3.63) is 30.3 Å². The predicted molar refractivity (Wildman–Crippen MR) is 67.7 cm³/mol. The molecular formula is C8H10N4O2S2. The number of hydrogen-bond donors (Lipinski definition) is 2. The topological polar surface area (TPSA) is 96.9 Å². The maximum Gasteiger partial charge on any atom is 0.290 e. The first-order valence-electron chi connectivity index (χ1n) is 4.29. The molecule has 16 heavy (non-hydrogen) atoms. The van der Waals surface area contributed by atoms with Crippen LogP contribution in [0.1, 0.15) is 0 Å². The Labute approximate surface area is 94.2 Å². The van der Waals surface area contributed by atoms with Crippen molar-refractivity contribution >= 4 is 35.1 Å². The van der Waals surface area contributed by atoms with Crippen molar-refractivity contribution in [1.29, 1.82) is 0 Å². The highest BCUT2D eigenvalue weighted by molar-refractivity contribution is 9.00. The van der Waals surface area contributed by atoms with Crippen LogP contribution >= 0.6 is 9.25 Å². The van der Waals surface area contributed by atoms with Gasteiger partial charge in [-0.3, -0.25) is 9.86 Å². The minimum absolute atomic E-state index is 0.466. The lowest BCUT2D eigenvalue weighted by atomic mass is 10.3. The van der Waals surface area contributed by atoms with E-state index in [9.17, 15) is 8.42 Å². The minimum Gasteiger partial charge on any atom is -0.275 e. The van der Waals surface area contributed by atoms with Gasteiger partial charge in [-0.15, -0.1) is 0 Å². The van der Waals surface area contributed by atoms with Gasteiger partial charge in [-0.1, -0.05) is 18.2 Å². The zero-order valence-corrected chi connectivity index (χ0v) is 9.78. The van der Waals surface area contributed by atoms with Gasteiger partial charge in [-0.2, -0.15) is 18.6 Å². The molecule has 0 aromatic heterocycles. The van der Waals surface area contributed by atoms with E-state index in [0.717, 1.165) is 11.1 Å². The molecule has 1 aliphatic heterocycles. The molecule has 3 N–H and O–H groups in total. The fourth-order valence-electron chi connectivity index (χ4n) is 1.07. The van der Waals surface area contributed by atoms with Crippen LogP contribution in [0, 0.1) is 0 Å². The maximum absolute atomic E-state index is 11.9. The lowest BCUT2D eigenvalue weighted by Gasteiger charge is -2.22. The number of hydrogen-bond acceptors (Lipinski definition) is 5. The van der Waals surface area contributed by atoms with Crippen molar-refractivity contribution in [2.75, 3.05) is 4.72 Å². The Bertz CT molecular complexity index is 526. The van der Waals surface area contributed by atoms with E-state index in [1.54, 1.807) is 30.3 Å². The number of rotatable bonds is 3. The molecular weight excluding hydrogens is 248 g/mol. The number of nitrogens with one attached hydrogen (secondary N) is 1. The SMILES string of the molecule is NS1(S(=O)(=O)Nc2ccccc2)C=NN=C1. The number of benzene rings is 1. The maximum atomic E-state index is 11.9. The summed E-state index contributed by atoms with van der Waals surface area (Å²) in [5, 5.41) is 12.7. The first-order chi connectivity index (χ1) is 7.54. The third-order valence-electron chi connectivity index (χ3n) is 1.89. The first kappa shape index (κ1) is 11.1. The van der Waals surface area contributed by atoms with E-state index in [-0.39, 0.29) is 0 Å². The standard InChI is InChI=1S/C8H10N4O2S2/c9-15(6-10-11-7-15)16(13,14)12-8-4-2-1-3-5-8/h1-7,12H,9H2. The molecule has 8 heteroatoms. The highest BCUT2D eigenvalue weighted by Gasteiger charge is 2.34. The first-order valence-corrected chi connectivity index (χ1v) is 8.11. The zero-order valence-electron chi connectivity index (χ0n) is 8.15. The van der Waals surface area contributed by atoms with Crippen molar-refractivity contribution in [2.45, 2.75) is 0 Å². The average molecular weight is 258 g/mol. The third kappa shape index (κ3) is 1.94. The molecule has 0 spiro atoms. The Balaban J connectivity index is 2.28. The number of para-hydroxylation sites is 1. The van der Waals surface area contributed by atoms with Gasteiger partial charge >= 0.3 is 0 Å². The van der Waals surface area contributed by atoms with E-state index in [1.165, 1.54) is 0 Å². The Kier molecular flexibility index (Phi) is 2.70. The van der Waals surface area contributed by atoms with Crippen LogP contribution in [0.3, 0.4) is 0 Å². The quantitative estimate of drug-likeness (QED) is 0.792.